The average molecular weight is 340 g/mol. The number of carboxylic acid groups (broad SMARTS) is 1. The van der Waals surface area contributed by atoms with E-state index < -0.39 is 32.7 Å². The molecule has 2 aromatic rings. The van der Waals surface area contributed by atoms with E-state index in [0.717, 1.165) is 12.3 Å². The van der Waals surface area contributed by atoms with Crippen LogP contribution in [0.15, 0.2) is 27.7 Å². The minimum atomic E-state index is -4.42. The molecule has 0 atom stereocenters. The zero-order chi connectivity index (χ0) is 17.2. The van der Waals surface area contributed by atoms with Crippen molar-refractivity contribution < 1.29 is 27.5 Å². The van der Waals surface area contributed by atoms with Gasteiger partial charge in [-0.1, -0.05) is 0 Å². The summed E-state index contributed by atoms with van der Waals surface area (Å²) in [5, 5.41) is 11.0. The molecule has 0 unspecified atom stereocenters. The number of sulfonamides is 1. The van der Waals surface area contributed by atoms with Crippen molar-refractivity contribution in [3.8, 4) is 0 Å². The smallest absolute Gasteiger partial charge is 0.373 e. The summed E-state index contributed by atoms with van der Waals surface area (Å²) in [5.41, 5.74) is 1.16. The molecule has 0 radical (unpaired) electrons. The van der Waals surface area contributed by atoms with Crippen molar-refractivity contribution in [2.24, 2.45) is 0 Å². The van der Waals surface area contributed by atoms with Crippen LogP contribution in [-0.4, -0.2) is 35.5 Å². The van der Waals surface area contributed by atoms with Crippen LogP contribution in [0.2, 0.25) is 0 Å². The largest absolute Gasteiger partial charge is 0.475 e. The van der Waals surface area contributed by atoms with Crippen LogP contribution in [0.4, 0.5) is 10.7 Å². The molecule has 0 spiro atoms. The monoisotopic (exact) mass is 340 g/mol. The summed E-state index contributed by atoms with van der Waals surface area (Å²) in [5.74, 6) is -2.46. The van der Waals surface area contributed by atoms with Crippen molar-refractivity contribution in [3.63, 3.8) is 0 Å². The zero-order valence-corrected chi connectivity index (χ0v) is 12.8. The van der Waals surface area contributed by atoms with Crippen LogP contribution < -0.4 is 10.0 Å². The van der Waals surface area contributed by atoms with Gasteiger partial charge in [-0.2, -0.15) is 0 Å². The zero-order valence-electron chi connectivity index (χ0n) is 12.0. The highest BCUT2D eigenvalue weighted by Gasteiger charge is 2.27. The third-order valence-electron chi connectivity index (χ3n) is 2.55. The Morgan fingerprint density at radius 3 is 2.39 bits per heavy atom. The summed E-state index contributed by atoms with van der Waals surface area (Å²) in [4.78, 5) is 29.8. The number of aryl methyl sites for hydroxylation is 2. The maximum atomic E-state index is 12.0. The lowest BCUT2D eigenvalue weighted by Crippen LogP contribution is -2.35. The predicted octanol–water partition coefficient (Wildman–Crippen LogP) is 0.895. The Morgan fingerprint density at radius 1 is 1.22 bits per heavy atom. The van der Waals surface area contributed by atoms with Crippen molar-refractivity contribution in [1.29, 1.82) is 0 Å². The van der Waals surface area contributed by atoms with E-state index >= 15 is 0 Å². The fraction of sp³-hybridized carbons (Fsp3) is 0.167. The SMILES string of the molecule is Cc1cc(C)nc(NC(=O)NS(=O)(=O)c2ccoc2C(=O)O)n1. The number of aromatic nitrogens is 2. The lowest BCUT2D eigenvalue weighted by atomic mass is 10.4. The Hall–Kier alpha value is -2.95. The Morgan fingerprint density at radius 2 is 1.83 bits per heavy atom. The molecular formula is C12H12N4O6S. The molecule has 0 fully saturated rings. The summed E-state index contributed by atoms with van der Waals surface area (Å²) in [6.07, 6.45) is 0.892. The third-order valence-corrected chi connectivity index (χ3v) is 3.90. The number of aromatic carboxylic acids is 1. The van der Waals surface area contributed by atoms with Gasteiger partial charge in [-0.25, -0.2) is 32.7 Å². The lowest BCUT2D eigenvalue weighted by molar-refractivity contribution is 0.0656. The first kappa shape index (κ1) is 16.4. The van der Waals surface area contributed by atoms with Crippen molar-refractivity contribution in [2.45, 2.75) is 18.7 Å². The Labute approximate surface area is 130 Å². The van der Waals surface area contributed by atoms with Gasteiger partial charge in [0.25, 0.3) is 10.0 Å². The van der Waals surface area contributed by atoms with Gasteiger partial charge >= 0.3 is 12.0 Å². The number of nitrogens with one attached hydrogen (secondary N) is 2. The van der Waals surface area contributed by atoms with E-state index in [0.29, 0.717) is 11.4 Å². The fourth-order valence-corrected chi connectivity index (χ4v) is 2.77. The van der Waals surface area contributed by atoms with Gasteiger partial charge in [0.15, 0.2) is 0 Å². The van der Waals surface area contributed by atoms with Crippen LogP contribution >= 0.6 is 0 Å². The van der Waals surface area contributed by atoms with Crippen molar-refractivity contribution in [1.82, 2.24) is 14.7 Å². The maximum absolute atomic E-state index is 12.0. The molecule has 0 saturated heterocycles. The number of hydrogen-bond donors (Lipinski definition) is 3. The van der Waals surface area contributed by atoms with E-state index in [4.69, 9.17) is 5.11 Å². The van der Waals surface area contributed by atoms with Crippen LogP contribution in [0.5, 0.6) is 0 Å². The predicted molar refractivity (Wildman–Crippen MR) is 76.5 cm³/mol. The molecule has 0 aliphatic heterocycles. The molecular weight excluding hydrogens is 328 g/mol. The second-order valence-electron chi connectivity index (χ2n) is 4.45. The third kappa shape index (κ3) is 3.83. The molecule has 11 heteroatoms. The maximum Gasteiger partial charge on any atom is 0.373 e. The molecule has 0 aliphatic rings. The van der Waals surface area contributed by atoms with E-state index in [2.05, 4.69) is 19.7 Å². The van der Waals surface area contributed by atoms with Crippen LogP contribution in [-0.2, 0) is 10.0 Å². The van der Waals surface area contributed by atoms with Gasteiger partial charge in [-0.05, 0) is 26.0 Å². The lowest BCUT2D eigenvalue weighted by Gasteiger charge is -2.07. The first-order chi connectivity index (χ1) is 10.7. The van der Waals surface area contributed by atoms with E-state index in [9.17, 15) is 18.0 Å². The van der Waals surface area contributed by atoms with Gasteiger partial charge in [-0.3, -0.25) is 5.32 Å². The van der Waals surface area contributed by atoms with Gasteiger partial charge < -0.3 is 9.52 Å². The number of furan rings is 1. The van der Waals surface area contributed by atoms with Crippen LogP contribution in [0.1, 0.15) is 21.9 Å². The number of carboxylic acids is 1. The molecule has 3 N–H and O–H groups in total. The Kier molecular flexibility index (Phi) is 4.31. The van der Waals surface area contributed by atoms with E-state index in [1.807, 2.05) is 0 Å². The molecule has 2 aromatic heterocycles. The van der Waals surface area contributed by atoms with Crippen LogP contribution in [0, 0.1) is 13.8 Å². The summed E-state index contributed by atoms with van der Waals surface area (Å²) in [6.45, 7) is 3.36. The minimum Gasteiger partial charge on any atom is -0.475 e. The number of hydrogen-bond acceptors (Lipinski definition) is 7. The molecule has 0 aromatic carbocycles. The highest BCUT2D eigenvalue weighted by atomic mass is 32.2. The van der Waals surface area contributed by atoms with Gasteiger partial charge in [0.05, 0.1) is 6.26 Å². The van der Waals surface area contributed by atoms with Crippen LogP contribution in [0.3, 0.4) is 0 Å². The Bertz CT molecular complexity index is 853. The second kappa shape index (κ2) is 6.04. The summed E-state index contributed by atoms with van der Waals surface area (Å²) >= 11 is 0. The summed E-state index contributed by atoms with van der Waals surface area (Å²) in [7, 11) is -4.42. The highest BCUT2D eigenvalue weighted by Crippen LogP contribution is 2.16. The van der Waals surface area contributed by atoms with Crippen LogP contribution in [0.25, 0.3) is 0 Å². The molecule has 0 bridgehead atoms. The summed E-state index contributed by atoms with van der Waals surface area (Å²) < 4.78 is 30.3. The minimum absolute atomic E-state index is 0.0825. The highest BCUT2D eigenvalue weighted by molar-refractivity contribution is 7.90. The molecule has 23 heavy (non-hydrogen) atoms. The normalized spacial score (nSPS) is 11.0. The number of anilines is 1. The number of carbonyl (C=O) groups is 2. The number of amides is 2. The molecule has 0 aliphatic carbocycles. The van der Waals surface area contributed by atoms with Gasteiger partial charge in [-0.15, -0.1) is 0 Å². The van der Waals surface area contributed by atoms with Gasteiger partial charge in [0, 0.05) is 11.4 Å². The first-order valence-electron chi connectivity index (χ1n) is 6.16. The van der Waals surface area contributed by atoms with Crippen molar-refractivity contribution in [3.05, 3.63) is 35.5 Å². The first-order valence-corrected chi connectivity index (χ1v) is 7.64. The quantitative estimate of drug-likeness (QED) is 0.742. The second-order valence-corrected chi connectivity index (χ2v) is 6.10. The number of rotatable bonds is 4. The molecule has 122 valence electrons. The van der Waals surface area contributed by atoms with Gasteiger partial charge in [0.1, 0.15) is 4.90 Å². The summed E-state index contributed by atoms with van der Waals surface area (Å²) in [6, 6.07) is 1.46. The number of urea groups is 1. The van der Waals surface area contributed by atoms with E-state index in [1.54, 1.807) is 24.6 Å². The molecule has 2 heterocycles. The molecule has 2 rings (SSSR count). The van der Waals surface area contributed by atoms with Crippen molar-refractivity contribution >= 4 is 28.0 Å². The fourth-order valence-electron chi connectivity index (χ4n) is 1.75. The van der Waals surface area contributed by atoms with Crippen molar-refractivity contribution in [2.75, 3.05) is 5.32 Å². The molecule has 10 nitrogen and oxygen atoms in total. The molecule has 0 saturated carbocycles. The number of nitrogens with zero attached hydrogens (tertiary/aromatic N) is 2. The molecule has 2 amide bonds. The average Bonchev–Trinajstić information content (AvgIpc) is 2.86. The number of carbonyl (C=O) groups excluding carboxylic acids is 1. The van der Waals surface area contributed by atoms with Gasteiger partial charge in [0.2, 0.25) is 11.7 Å². The standard InChI is InChI=1S/C12H12N4O6S/c1-6-5-7(2)14-11(13-6)15-12(19)16-23(20,21)8-3-4-22-9(8)10(17)18/h3-5H,1-2H3,(H,17,18)(H2,13,14,15,16,19). The van der Waals surface area contributed by atoms with E-state index in [1.165, 1.54) is 0 Å². The topological polar surface area (TPSA) is 151 Å². The van der Waals surface area contributed by atoms with E-state index in [-0.39, 0.29) is 5.95 Å². The Balaban J connectivity index is 2.18.